The number of hydrogen-bond donors (Lipinski definition) is 1. The zero-order valence-electron chi connectivity index (χ0n) is 9.50. The highest BCUT2D eigenvalue weighted by molar-refractivity contribution is 6.30. The zero-order valence-corrected chi connectivity index (χ0v) is 10.3. The molecule has 0 bridgehead atoms. The van der Waals surface area contributed by atoms with E-state index in [1.165, 1.54) is 11.6 Å². The second-order valence-electron chi connectivity index (χ2n) is 3.72. The van der Waals surface area contributed by atoms with Crippen molar-refractivity contribution in [2.75, 3.05) is 0 Å². The molecule has 0 amide bonds. The van der Waals surface area contributed by atoms with Gasteiger partial charge in [-0.3, -0.25) is 9.36 Å². The lowest BCUT2D eigenvalue weighted by Crippen LogP contribution is -2.26. The monoisotopic (exact) mass is 267 g/mol. The summed E-state index contributed by atoms with van der Waals surface area (Å²) in [7, 11) is 1.54. The third-order valence-electron chi connectivity index (χ3n) is 2.43. The van der Waals surface area contributed by atoms with E-state index in [0.29, 0.717) is 16.4 Å². The van der Waals surface area contributed by atoms with E-state index in [0.717, 1.165) is 4.68 Å². The highest BCUT2D eigenvalue weighted by Gasteiger charge is 2.13. The summed E-state index contributed by atoms with van der Waals surface area (Å²) >= 11 is 5.77. The predicted octanol–water partition coefficient (Wildman–Crippen LogP) is 0.987. The van der Waals surface area contributed by atoms with Crippen molar-refractivity contribution in [3.8, 4) is 11.4 Å². The Morgan fingerprint density at radius 1 is 1.39 bits per heavy atom. The Bertz CT molecular complexity index is 643. The average Bonchev–Trinajstić information content (AvgIpc) is 2.58. The van der Waals surface area contributed by atoms with Crippen molar-refractivity contribution in [2.24, 2.45) is 7.05 Å². The molecule has 0 aliphatic rings. The Morgan fingerprint density at radius 2 is 2.00 bits per heavy atom. The summed E-state index contributed by atoms with van der Waals surface area (Å²) < 4.78 is 2.21. The van der Waals surface area contributed by atoms with Gasteiger partial charge in [-0.1, -0.05) is 11.6 Å². The van der Waals surface area contributed by atoms with Crippen molar-refractivity contribution in [1.29, 1.82) is 0 Å². The smallest absolute Gasteiger partial charge is 0.346 e. The van der Waals surface area contributed by atoms with Crippen LogP contribution in [0.1, 0.15) is 0 Å². The minimum absolute atomic E-state index is 0.401. The fraction of sp³-hybridized carbons (Fsp3) is 0.182. The summed E-state index contributed by atoms with van der Waals surface area (Å²) in [5.41, 5.74) is 0.227. The lowest BCUT2D eigenvalue weighted by Gasteiger charge is -1.98. The largest absolute Gasteiger partial charge is 0.480 e. The minimum atomic E-state index is -1.11. The van der Waals surface area contributed by atoms with Gasteiger partial charge in [0, 0.05) is 17.6 Å². The van der Waals surface area contributed by atoms with Crippen LogP contribution in [-0.4, -0.2) is 25.4 Å². The summed E-state index contributed by atoms with van der Waals surface area (Å²) in [6, 6.07) is 6.79. The van der Waals surface area contributed by atoms with Crippen molar-refractivity contribution in [3.63, 3.8) is 0 Å². The lowest BCUT2D eigenvalue weighted by molar-refractivity contribution is -0.137. The number of aliphatic carboxylic acids is 1. The number of carboxylic acids is 1. The second kappa shape index (κ2) is 4.66. The van der Waals surface area contributed by atoms with E-state index in [4.69, 9.17) is 16.7 Å². The molecule has 7 heteroatoms. The molecule has 1 N–H and O–H groups in total. The summed E-state index contributed by atoms with van der Waals surface area (Å²) in [5, 5.41) is 13.2. The number of aromatic nitrogens is 3. The molecule has 0 saturated heterocycles. The van der Waals surface area contributed by atoms with Gasteiger partial charge >= 0.3 is 11.7 Å². The van der Waals surface area contributed by atoms with Crippen LogP contribution in [0.3, 0.4) is 0 Å². The number of benzene rings is 1. The van der Waals surface area contributed by atoms with E-state index in [1.54, 1.807) is 24.3 Å². The standard InChI is InChI=1S/C11H10ClN3O3/c1-14-10(7-2-4-8(12)5-3-7)13-15(11(14)18)6-9(16)17/h2-5H,6H2,1H3,(H,16,17). The predicted molar refractivity (Wildman–Crippen MR) is 65.5 cm³/mol. The summed E-state index contributed by atoms with van der Waals surface area (Å²) in [6.07, 6.45) is 0. The fourth-order valence-corrected chi connectivity index (χ4v) is 1.70. The molecule has 94 valence electrons. The van der Waals surface area contributed by atoms with Gasteiger partial charge in [-0.15, -0.1) is 5.10 Å². The molecule has 0 aliphatic carbocycles. The number of rotatable bonds is 3. The molecule has 0 aliphatic heterocycles. The van der Waals surface area contributed by atoms with Crippen molar-refractivity contribution < 1.29 is 9.90 Å². The highest BCUT2D eigenvalue weighted by atomic mass is 35.5. The molecular weight excluding hydrogens is 258 g/mol. The van der Waals surface area contributed by atoms with Gasteiger partial charge in [0.15, 0.2) is 5.82 Å². The Morgan fingerprint density at radius 3 is 2.56 bits per heavy atom. The molecule has 0 atom stereocenters. The Balaban J connectivity index is 2.49. The Hall–Kier alpha value is -2.08. The molecule has 0 fully saturated rings. The van der Waals surface area contributed by atoms with Gasteiger partial charge in [0.1, 0.15) is 6.54 Å². The molecule has 0 saturated carbocycles. The van der Waals surface area contributed by atoms with E-state index in [1.807, 2.05) is 0 Å². The van der Waals surface area contributed by atoms with E-state index < -0.39 is 18.2 Å². The van der Waals surface area contributed by atoms with Crippen LogP contribution in [0.15, 0.2) is 29.1 Å². The molecule has 0 unspecified atom stereocenters. The first-order chi connectivity index (χ1) is 8.49. The quantitative estimate of drug-likeness (QED) is 0.899. The van der Waals surface area contributed by atoms with E-state index in [9.17, 15) is 9.59 Å². The Labute approximate surface area is 107 Å². The molecule has 1 heterocycles. The average molecular weight is 268 g/mol. The van der Waals surface area contributed by atoms with E-state index >= 15 is 0 Å². The van der Waals surface area contributed by atoms with Crippen LogP contribution < -0.4 is 5.69 Å². The number of nitrogens with zero attached hydrogens (tertiary/aromatic N) is 3. The van der Waals surface area contributed by atoms with E-state index in [-0.39, 0.29) is 0 Å². The molecule has 18 heavy (non-hydrogen) atoms. The summed E-state index contributed by atoms with van der Waals surface area (Å²) in [6.45, 7) is -0.458. The SMILES string of the molecule is Cn1c(-c2ccc(Cl)cc2)nn(CC(=O)O)c1=O. The van der Waals surface area contributed by atoms with Crippen LogP contribution in [0, 0.1) is 0 Å². The maximum absolute atomic E-state index is 11.7. The third kappa shape index (κ3) is 2.28. The number of halogens is 1. The molecule has 1 aromatic carbocycles. The van der Waals surface area contributed by atoms with Gasteiger partial charge in [0.25, 0.3) is 0 Å². The van der Waals surface area contributed by atoms with Gasteiger partial charge < -0.3 is 5.11 Å². The number of carbonyl (C=O) groups is 1. The lowest BCUT2D eigenvalue weighted by atomic mass is 10.2. The molecule has 2 rings (SSSR count). The minimum Gasteiger partial charge on any atom is -0.480 e. The normalized spacial score (nSPS) is 10.6. The topological polar surface area (TPSA) is 77.1 Å². The van der Waals surface area contributed by atoms with Crippen LogP contribution in [0.25, 0.3) is 11.4 Å². The van der Waals surface area contributed by atoms with Crippen LogP contribution in [-0.2, 0) is 18.4 Å². The third-order valence-corrected chi connectivity index (χ3v) is 2.68. The maximum Gasteiger partial charge on any atom is 0.346 e. The molecule has 2 aromatic rings. The summed E-state index contributed by atoms with van der Waals surface area (Å²) in [4.78, 5) is 22.3. The van der Waals surface area contributed by atoms with Gasteiger partial charge in [-0.05, 0) is 24.3 Å². The van der Waals surface area contributed by atoms with Crippen LogP contribution in [0.5, 0.6) is 0 Å². The van der Waals surface area contributed by atoms with Crippen LogP contribution in [0.4, 0.5) is 0 Å². The highest BCUT2D eigenvalue weighted by Crippen LogP contribution is 2.17. The molecule has 1 aromatic heterocycles. The van der Waals surface area contributed by atoms with Gasteiger partial charge in [0.05, 0.1) is 0 Å². The zero-order chi connectivity index (χ0) is 13.3. The van der Waals surface area contributed by atoms with Gasteiger partial charge in [0.2, 0.25) is 0 Å². The first-order valence-corrected chi connectivity index (χ1v) is 5.48. The first-order valence-electron chi connectivity index (χ1n) is 5.10. The van der Waals surface area contributed by atoms with Crippen molar-refractivity contribution in [3.05, 3.63) is 39.8 Å². The molecule has 6 nitrogen and oxygen atoms in total. The molecular formula is C11H10ClN3O3. The van der Waals surface area contributed by atoms with Crippen molar-refractivity contribution >= 4 is 17.6 Å². The summed E-state index contributed by atoms with van der Waals surface area (Å²) in [5.74, 6) is -0.712. The van der Waals surface area contributed by atoms with Gasteiger partial charge in [-0.25, -0.2) is 9.48 Å². The fourth-order valence-electron chi connectivity index (χ4n) is 1.57. The van der Waals surface area contributed by atoms with Gasteiger partial charge in [-0.2, -0.15) is 0 Å². The number of carboxylic acid groups (broad SMARTS) is 1. The second-order valence-corrected chi connectivity index (χ2v) is 4.16. The first kappa shape index (κ1) is 12.4. The van der Waals surface area contributed by atoms with Crippen LogP contribution in [0.2, 0.25) is 5.02 Å². The van der Waals surface area contributed by atoms with E-state index in [2.05, 4.69) is 5.10 Å². The maximum atomic E-state index is 11.7. The Kier molecular flexibility index (Phi) is 3.20. The van der Waals surface area contributed by atoms with Crippen molar-refractivity contribution in [2.45, 2.75) is 6.54 Å². The molecule has 0 spiro atoms. The van der Waals surface area contributed by atoms with Crippen molar-refractivity contribution in [1.82, 2.24) is 14.3 Å². The van der Waals surface area contributed by atoms with Crippen LogP contribution >= 0.6 is 11.6 Å². The number of hydrogen-bond acceptors (Lipinski definition) is 3. The molecule has 0 radical (unpaired) electrons.